The number of carbonyl (C=O) groups excluding carboxylic acids is 1. The molecule has 0 aliphatic rings. The van der Waals surface area contributed by atoms with Crippen LogP contribution in [0, 0.1) is 0 Å². The molecule has 0 bridgehead atoms. The van der Waals surface area contributed by atoms with Crippen LogP contribution in [0.3, 0.4) is 0 Å². The molecule has 0 aliphatic heterocycles. The average molecular weight is 143 g/mol. The summed E-state index contributed by atoms with van der Waals surface area (Å²) in [6.07, 6.45) is 1.51. The lowest BCUT2D eigenvalue weighted by Gasteiger charge is -2.08. The van der Waals surface area contributed by atoms with Gasteiger partial charge in [0.25, 0.3) is 0 Å². The number of nitrogens with one attached hydrogen (secondary N) is 1. The molecule has 0 unspecified atom stereocenters. The molecule has 0 aromatic heterocycles. The zero-order valence-electron chi connectivity index (χ0n) is 6.39. The highest BCUT2D eigenvalue weighted by Crippen LogP contribution is 1.88. The number of ether oxygens (including phenoxy) is 1. The standard InChI is InChI=1S/C7H13NO2/c1-4-6(8-3)7(9)10-5-2/h4,6,8H,1,5H2,2-3H3/t6-/m0/s1. The van der Waals surface area contributed by atoms with Gasteiger partial charge in [-0.15, -0.1) is 6.58 Å². The Labute approximate surface area is 61.1 Å². The molecule has 1 N–H and O–H groups in total. The molecule has 10 heavy (non-hydrogen) atoms. The fourth-order valence-electron chi connectivity index (χ4n) is 0.564. The van der Waals surface area contributed by atoms with Crippen LogP contribution >= 0.6 is 0 Å². The molecule has 0 heterocycles. The Balaban J connectivity index is 3.76. The minimum atomic E-state index is -0.375. The zero-order valence-corrected chi connectivity index (χ0v) is 6.39. The van der Waals surface area contributed by atoms with E-state index < -0.39 is 0 Å². The third kappa shape index (κ3) is 2.64. The quantitative estimate of drug-likeness (QED) is 0.455. The number of hydrogen-bond acceptors (Lipinski definition) is 3. The lowest BCUT2D eigenvalue weighted by atomic mass is 10.3. The SMILES string of the molecule is C=C[C@H](NC)C(=O)OCC. The first kappa shape index (κ1) is 9.17. The number of likely N-dealkylation sites (N-methyl/N-ethyl adjacent to an activating group) is 1. The van der Waals surface area contributed by atoms with E-state index in [0.717, 1.165) is 0 Å². The zero-order chi connectivity index (χ0) is 7.98. The van der Waals surface area contributed by atoms with Crippen molar-refractivity contribution in [2.24, 2.45) is 0 Å². The van der Waals surface area contributed by atoms with E-state index in [1.54, 1.807) is 14.0 Å². The van der Waals surface area contributed by atoms with Gasteiger partial charge in [0, 0.05) is 0 Å². The third-order valence-corrected chi connectivity index (χ3v) is 1.09. The number of carbonyl (C=O) groups is 1. The van der Waals surface area contributed by atoms with E-state index in [1.807, 2.05) is 0 Å². The van der Waals surface area contributed by atoms with Crippen molar-refractivity contribution in [3.05, 3.63) is 12.7 Å². The lowest BCUT2D eigenvalue weighted by molar-refractivity contribution is -0.144. The summed E-state index contributed by atoms with van der Waals surface area (Å²) in [7, 11) is 1.68. The first-order chi connectivity index (χ1) is 4.76. The van der Waals surface area contributed by atoms with Gasteiger partial charge in [0.2, 0.25) is 0 Å². The van der Waals surface area contributed by atoms with Gasteiger partial charge in [-0.3, -0.25) is 4.79 Å². The Kier molecular flexibility index (Phi) is 4.58. The van der Waals surface area contributed by atoms with Gasteiger partial charge in [0.15, 0.2) is 0 Å². The summed E-state index contributed by atoms with van der Waals surface area (Å²) in [4.78, 5) is 10.8. The summed E-state index contributed by atoms with van der Waals surface area (Å²) >= 11 is 0. The van der Waals surface area contributed by atoms with Crippen LogP contribution in [0.25, 0.3) is 0 Å². The minimum Gasteiger partial charge on any atom is -0.465 e. The maximum absolute atomic E-state index is 10.8. The summed E-state index contributed by atoms with van der Waals surface area (Å²) in [5.74, 6) is -0.278. The van der Waals surface area contributed by atoms with Gasteiger partial charge < -0.3 is 10.1 Å². The largest absolute Gasteiger partial charge is 0.465 e. The van der Waals surface area contributed by atoms with Crippen molar-refractivity contribution in [2.75, 3.05) is 13.7 Å². The van der Waals surface area contributed by atoms with E-state index in [0.29, 0.717) is 6.61 Å². The molecule has 0 aromatic carbocycles. The topological polar surface area (TPSA) is 38.3 Å². The highest BCUT2D eigenvalue weighted by atomic mass is 16.5. The number of rotatable bonds is 4. The molecule has 0 aromatic rings. The van der Waals surface area contributed by atoms with Crippen LogP contribution in [0.15, 0.2) is 12.7 Å². The maximum atomic E-state index is 10.8. The molecule has 0 amide bonds. The Morgan fingerprint density at radius 2 is 2.50 bits per heavy atom. The summed E-state index contributed by atoms with van der Waals surface area (Å²) in [6.45, 7) is 5.65. The molecule has 3 heteroatoms. The molecular weight excluding hydrogens is 130 g/mol. The molecule has 0 rings (SSSR count). The van der Waals surface area contributed by atoms with Crippen LogP contribution in [-0.4, -0.2) is 25.7 Å². The van der Waals surface area contributed by atoms with Crippen molar-refractivity contribution in [2.45, 2.75) is 13.0 Å². The van der Waals surface area contributed by atoms with E-state index in [4.69, 9.17) is 4.74 Å². The van der Waals surface area contributed by atoms with Crippen molar-refractivity contribution in [1.29, 1.82) is 0 Å². The number of esters is 1. The highest BCUT2D eigenvalue weighted by molar-refractivity contribution is 5.77. The fraction of sp³-hybridized carbons (Fsp3) is 0.571. The van der Waals surface area contributed by atoms with Crippen LogP contribution in [0.5, 0.6) is 0 Å². The molecule has 0 spiro atoms. The fourth-order valence-corrected chi connectivity index (χ4v) is 0.564. The Bertz CT molecular complexity index is 123. The smallest absolute Gasteiger partial charge is 0.327 e. The molecular formula is C7H13NO2. The van der Waals surface area contributed by atoms with Crippen molar-refractivity contribution in [1.82, 2.24) is 5.32 Å². The van der Waals surface area contributed by atoms with Crippen molar-refractivity contribution in [3.63, 3.8) is 0 Å². The van der Waals surface area contributed by atoms with Gasteiger partial charge in [0.1, 0.15) is 6.04 Å². The average Bonchev–Trinajstić information content (AvgIpc) is 1.91. The van der Waals surface area contributed by atoms with E-state index in [2.05, 4.69) is 11.9 Å². The molecule has 0 fully saturated rings. The summed E-state index contributed by atoms with van der Waals surface area (Å²) in [5.41, 5.74) is 0. The summed E-state index contributed by atoms with van der Waals surface area (Å²) in [5, 5.41) is 2.74. The second-order valence-electron chi connectivity index (χ2n) is 1.75. The Hall–Kier alpha value is -0.830. The third-order valence-electron chi connectivity index (χ3n) is 1.09. The minimum absolute atomic E-state index is 0.278. The molecule has 3 nitrogen and oxygen atoms in total. The Morgan fingerprint density at radius 1 is 1.90 bits per heavy atom. The normalized spacial score (nSPS) is 12.2. The van der Waals surface area contributed by atoms with Crippen LogP contribution in [0.2, 0.25) is 0 Å². The highest BCUT2D eigenvalue weighted by Gasteiger charge is 2.11. The van der Waals surface area contributed by atoms with Crippen LogP contribution < -0.4 is 5.32 Å². The van der Waals surface area contributed by atoms with Gasteiger partial charge in [0.05, 0.1) is 6.61 Å². The van der Waals surface area contributed by atoms with Gasteiger partial charge in [-0.1, -0.05) is 6.08 Å². The van der Waals surface area contributed by atoms with Crippen LogP contribution in [0.4, 0.5) is 0 Å². The summed E-state index contributed by atoms with van der Waals surface area (Å²) < 4.78 is 4.71. The predicted octanol–water partition coefficient (Wildman–Crippen LogP) is 0.323. The predicted molar refractivity (Wildman–Crippen MR) is 39.7 cm³/mol. The molecule has 0 aliphatic carbocycles. The monoisotopic (exact) mass is 143 g/mol. The first-order valence-corrected chi connectivity index (χ1v) is 3.22. The van der Waals surface area contributed by atoms with Crippen LogP contribution in [-0.2, 0) is 9.53 Å². The second-order valence-corrected chi connectivity index (χ2v) is 1.75. The van der Waals surface area contributed by atoms with E-state index in [9.17, 15) is 4.79 Å². The van der Waals surface area contributed by atoms with Crippen molar-refractivity contribution < 1.29 is 9.53 Å². The lowest BCUT2D eigenvalue weighted by Crippen LogP contribution is -2.33. The van der Waals surface area contributed by atoms with E-state index in [1.165, 1.54) is 6.08 Å². The Morgan fingerprint density at radius 3 is 2.80 bits per heavy atom. The number of hydrogen-bond donors (Lipinski definition) is 1. The molecule has 0 saturated heterocycles. The first-order valence-electron chi connectivity index (χ1n) is 3.22. The maximum Gasteiger partial charge on any atom is 0.327 e. The molecule has 1 atom stereocenters. The molecule has 58 valence electrons. The second kappa shape index (κ2) is 4.99. The van der Waals surface area contributed by atoms with Gasteiger partial charge in [-0.05, 0) is 14.0 Å². The van der Waals surface area contributed by atoms with E-state index in [-0.39, 0.29) is 12.0 Å². The van der Waals surface area contributed by atoms with Gasteiger partial charge in [-0.2, -0.15) is 0 Å². The van der Waals surface area contributed by atoms with Gasteiger partial charge in [-0.25, -0.2) is 0 Å². The van der Waals surface area contributed by atoms with Crippen molar-refractivity contribution >= 4 is 5.97 Å². The summed E-state index contributed by atoms with van der Waals surface area (Å²) in [6, 6.07) is -0.375. The van der Waals surface area contributed by atoms with E-state index >= 15 is 0 Å². The van der Waals surface area contributed by atoms with Crippen LogP contribution in [0.1, 0.15) is 6.92 Å². The molecule has 0 radical (unpaired) electrons. The van der Waals surface area contributed by atoms with Gasteiger partial charge >= 0.3 is 5.97 Å². The molecule has 0 saturated carbocycles. The van der Waals surface area contributed by atoms with Crippen molar-refractivity contribution in [3.8, 4) is 0 Å².